The maximum absolute atomic E-state index is 12.8. The molecule has 0 spiro atoms. The van der Waals surface area contributed by atoms with Gasteiger partial charge in [0, 0.05) is 24.5 Å². The van der Waals surface area contributed by atoms with Crippen LogP contribution in [0.5, 0.6) is 5.75 Å². The van der Waals surface area contributed by atoms with E-state index in [4.69, 9.17) is 9.47 Å². The number of rotatable bonds is 5. The molecule has 2 aromatic rings. The number of hydrogen-bond acceptors (Lipinski definition) is 4. The summed E-state index contributed by atoms with van der Waals surface area (Å²) >= 11 is 0. The van der Waals surface area contributed by atoms with E-state index in [0.29, 0.717) is 11.4 Å². The third kappa shape index (κ3) is 4.95. The van der Waals surface area contributed by atoms with Crippen LogP contribution >= 0.6 is 0 Å². The number of anilines is 2. The molecule has 6 heteroatoms. The van der Waals surface area contributed by atoms with Gasteiger partial charge in [0.05, 0.1) is 12.2 Å². The summed E-state index contributed by atoms with van der Waals surface area (Å²) in [5, 5.41) is 2.79. The number of amides is 1. The van der Waals surface area contributed by atoms with Crippen molar-refractivity contribution < 1.29 is 18.7 Å². The molecule has 0 bridgehead atoms. The fourth-order valence-corrected chi connectivity index (χ4v) is 3.02. The highest BCUT2D eigenvalue weighted by Crippen LogP contribution is 2.22. The topological polar surface area (TPSA) is 50.8 Å². The van der Waals surface area contributed by atoms with Crippen molar-refractivity contribution >= 4 is 17.3 Å². The predicted octanol–water partition coefficient (Wildman–Crippen LogP) is 3.46. The molecule has 0 aliphatic carbocycles. The van der Waals surface area contributed by atoms with Gasteiger partial charge in [0.25, 0.3) is 5.91 Å². The van der Waals surface area contributed by atoms with Gasteiger partial charge in [0.2, 0.25) is 0 Å². The van der Waals surface area contributed by atoms with Crippen LogP contribution in [-0.4, -0.2) is 37.8 Å². The number of morpholine rings is 1. The molecule has 5 nitrogen and oxygen atoms in total. The highest BCUT2D eigenvalue weighted by Gasteiger charge is 2.22. The third-order valence-corrected chi connectivity index (χ3v) is 4.12. The van der Waals surface area contributed by atoms with Gasteiger partial charge in [-0.1, -0.05) is 0 Å². The van der Waals surface area contributed by atoms with Crippen LogP contribution in [0.1, 0.15) is 13.8 Å². The minimum Gasteiger partial charge on any atom is -0.484 e. The monoisotopic (exact) mass is 358 g/mol. The number of halogens is 1. The summed E-state index contributed by atoms with van der Waals surface area (Å²) in [5.74, 6) is -0.158. The normalized spacial score (nSPS) is 19.9. The molecular formula is C20H23FN2O3. The smallest absolute Gasteiger partial charge is 0.262 e. The molecule has 1 amide bonds. The van der Waals surface area contributed by atoms with Crippen LogP contribution in [0.2, 0.25) is 0 Å². The lowest BCUT2D eigenvalue weighted by atomic mass is 10.2. The number of carbonyl (C=O) groups is 1. The van der Waals surface area contributed by atoms with E-state index >= 15 is 0 Å². The first-order valence-corrected chi connectivity index (χ1v) is 8.68. The maximum Gasteiger partial charge on any atom is 0.262 e. The number of carbonyl (C=O) groups excluding carboxylic acids is 1. The number of nitrogens with zero attached hydrogens (tertiary/aromatic N) is 1. The van der Waals surface area contributed by atoms with Crippen molar-refractivity contribution in [3.63, 3.8) is 0 Å². The Morgan fingerprint density at radius 3 is 2.35 bits per heavy atom. The van der Waals surface area contributed by atoms with E-state index in [-0.39, 0.29) is 30.5 Å². The first kappa shape index (κ1) is 18.2. The second-order valence-electron chi connectivity index (χ2n) is 6.50. The molecule has 1 saturated heterocycles. The molecule has 2 aromatic carbocycles. The minimum absolute atomic E-state index is 0.133. The Hall–Kier alpha value is -2.60. The van der Waals surface area contributed by atoms with Crippen molar-refractivity contribution in [3.05, 3.63) is 54.3 Å². The van der Waals surface area contributed by atoms with Crippen molar-refractivity contribution in [1.82, 2.24) is 0 Å². The van der Waals surface area contributed by atoms with Crippen LogP contribution in [0.4, 0.5) is 15.8 Å². The van der Waals surface area contributed by atoms with Gasteiger partial charge in [-0.05, 0) is 62.4 Å². The lowest BCUT2D eigenvalue weighted by Crippen LogP contribution is -2.45. The summed E-state index contributed by atoms with van der Waals surface area (Å²) in [7, 11) is 0. The van der Waals surface area contributed by atoms with Gasteiger partial charge in [0.1, 0.15) is 11.6 Å². The molecule has 0 saturated carbocycles. The van der Waals surface area contributed by atoms with Crippen LogP contribution in [0, 0.1) is 5.82 Å². The molecule has 1 heterocycles. The van der Waals surface area contributed by atoms with Gasteiger partial charge >= 0.3 is 0 Å². The first-order chi connectivity index (χ1) is 12.5. The van der Waals surface area contributed by atoms with Crippen molar-refractivity contribution in [1.29, 1.82) is 0 Å². The zero-order chi connectivity index (χ0) is 18.5. The molecule has 1 aliphatic heterocycles. The molecule has 2 atom stereocenters. The van der Waals surface area contributed by atoms with Gasteiger partial charge < -0.3 is 19.7 Å². The maximum atomic E-state index is 12.8. The fraction of sp³-hybridized carbons (Fsp3) is 0.350. The Balaban J connectivity index is 1.52. The van der Waals surface area contributed by atoms with E-state index in [1.165, 1.54) is 24.3 Å². The molecular weight excluding hydrogens is 335 g/mol. The van der Waals surface area contributed by atoms with E-state index in [1.807, 2.05) is 24.3 Å². The van der Waals surface area contributed by atoms with Crippen LogP contribution in [0.15, 0.2) is 48.5 Å². The lowest BCUT2D eigenvalue weighted by molar-refractivity contribution is -0.118. The summed E-state index contributed by atoms with van der Waals surface area (Å²) < 4.78 is 23.9. The number of hydrogen-bond donors (Lipinski definition) is 1. The standard InChI is InChI=1S/C20H23FN2O3/c1-14-11-23(12-15(2)26-14)18-7-5-17(6-8-18)22-20(24)13-25-19-9-3-16(21)4-10-19/h3-10,14-15H,11-13H2,1-2H3,(H,22,24). The van der Waals surface area contributed by atoms with Crippen molar-refractivity contribution in [2.45, 2.75) is 26.1 Å². The van der Waals surface area contributed by atoms with Crippen molar-refractivity contribution in [2.75, 3.05) is 29.9 Å². The fourth-order valence-electron chi connectivity index (χ4n) is 3.02. The SMILES string of the molecule is CC1CN(c2ccc(NC(=O)COc3ccc(F)cc3)cc2)CC(C)O1. The Kier molecular flexibility index (Phi) is 5.73. The largest absolute Gasteiger partial charge is 0.484 e. The van der Waals surface area contributed by atoms with Gasteiger partial charge in [-0.25, -0.2) is 4.39 Å². The zero-order valence-corrected chi connectivity index (χ0v) is 14.9. The molecule has 26 heavy (non-hydrogen) atoms. The number of ether oxygens (including phenoxy) is 2. The van der Waals surface area contributed by atoms with E-state index in [9.17, 15) is 9.18 Å². The molecule has 1 aliphatic rings. The lowest BCUT2D eigenvalue weighted by Gasteiger charge is -2.36. The average Bonchev–Trinajstić information content (AvgIpc) is 2.61. The van der Waals surface area contributed by atoms with Crippen LogP contribution < -0.4 is 15.0 Å². The Labute approximate surface area is 152 Å². The van der Waals surface area contributed by atoms with E-state index in [0.717, 1.165) is 18.8 Å². The molecule has 2 unspecified atom stereocenters. The summed E-state index contributed by atoms with van der Waals surface area (Å²) in [6.07, 6.45) is 0.392. The van der Waals surface area contributed by atoms with Crippen LogP contribution in [-0.2, 0) is 9.53 Å². The Bertz CT molecular complexity index is 724. The molecule has 0 aromatic heterocycles. The molecule has 3 rings (SSSR count). The zero-order valence-electron chi connectivity index (χ0n) is 14.9. The van der Waals surface area contributed by atoms with Crippen LogP contribution in [0.25, 0.3) is 0 Å². The summed E-state index contributed by atoms with van der Waals surface area (Å²) in [6.45, 7) is 5.70. The van der Waals surface area contributed by atoms with Crippen LogP contribution in [0.3, 0.4) is 0 Å². The molecule has 0 radical (unpaired) electrons. The van der Waals surface area contributed by atoms with Crippen molar-refractivity contribution in [3.8, 4) is 5.75 Å². The first-order valence-electron chi connectivity index (χ1n) is 8.68. The Morgan fingerprint density at radius 2 is 1.73 bits per heavy atom. The summed E-state index contributed by atoms with van der Waals surface area (Å²) in [4.78, 5) is 14.3. The minimum atomic E-state index is -0.342. The summed E-state index contributed by atoms with van der Waals surface area (Å²) in [6, 6.07) is 13.3. The van der Waals surface area contributed by atoms with Gasteiger partial charge in [-0.3, -0.25) is 4.79 Å². The highest BCUT2D eigenvalue weighted by molar-refractivity contribution is 5.92. The van der Waals surface area contributed by atoms with E-state index < -0.39 is 0 Å². The summed E-state index contributed by atoms with van der Waals surface area (Å²) in [5.41, 5.74) is 1.81. The van der Waals surface area contributed by atoms with E-state index in [2.05, 4.69) is 24.1 Å². The molecule has 138 valence electrons. The Morgan fingerprint density at radius 1 is 1.12 bits per heavy atom. The second-order valence-corrected chi connectivity index (χ2v) is 6.50. The molecule has 1 fully saturated rings. The van der Waals surface area contributed by atoms with Gasteiger partial charge in [0.15, 0.2) is 6.61 Å². The second kappa shape index (κ2) is 8.19. The van der Waals surface area contributed by atoms with Gasteiger partial charge in [-0.15, -0.1) is 0 Å². The van der Waals surface area contributed by atoms with E-state index in [1.54, 1.807) is 0 Å². The van der Waals surface area contributed by atoms with Gasteiger partial charge in [-0.2, -0.15) is 0 Å². The molecule has 1 N–H and O–H groups in total. The highest BCUT2D eigenvalue weighted by atomic mass is 19.1. The number of nitrogens with one attached hydrogen (secondary N) is 1. The quantitative estimate of drug-likeness (QED) is 0.889. The van der Waals surface area contributed by atoms with Crippen molar-refractivity contribution in [2.24, 2.45) is 0 Å². The third-order valence-electron chi connectivity index (χ3n) is 4.12. The predicted molar refractivity (Wildman–Crippen MR) is 99.2 cm³/mol. The number of benzene rings is 2. The average molecular weight is 358 g/mol.